The third kappa shape index (κ3) is 5.05. The molecule has 0 bridgehead atoms. The molecule has 1 amide bonds. The van der Waals surface area contributed by atoms with Crippen molar-refractivity contribution >= 4 is 5.91 Å². The van der Waals surface area contributed by atoms with E-state index in [0.717, 1.165) is 0 Å². The first kappa shape index (κ1) is 14.3. The fourth-order valence-electron chi connectivity index (χ4n) is 1.58. The van der Waals surface area contributed by atoms with Crippen molar-refractivity contribution in [3.05, 3.63) is 24.3 Å². The van der Waals surface area contributed by atoms with Crippen LogP contribution < -0.4 is 20.5 Å². The molecule has 0 saturated carbocycles. The number of carbonyl (C=O) groups is 1. The maximum absolute atomic E-state index is 10.7. The minimum absolute atomic E-state index is 0.0590. The minimum Gasteiger partial charge on any atom is -0.493 e. The van der Waals surface area contributed by atoms with Crippen LogP contribution in [0, 0.1) is 0 Å². The molecule has 0 radical (unpaired) electrons. The average Bonchev–Trinajstić information content (AvgIpc) is 2.34. The molecule has 0 aromatic heterocycles. The highest BCUT2D eigenvalue weighted by Gasteiger charge is 2.05. The van der Waals surface area contributed by atoms with Gasteiger partial charge in [-0.05, 0) is 19.1 Å². The van der Waals surface area contributed by atoms with Crippen LogP contribution in [0.1, 0.15) is 13.3 Å². The van der Waals surface area contributed by atoms with Crippen LogP contribution in [0.3, 0.4) is 0 Å². The number of nitrogens with two attached hydrogens (primary N) is 1. The Bertz CT molecular complexity index is 382. The topological polar surface area (TPSA) is 73.6 Å². The molecule has 18 heavy (non-hydrogen) atoms. The lowest BCUT2D eigenvalue weighted by Gasteiger charge is -2.13. The van der Waals surface area contributed by atoms with Crippen LogP contribution in [0.5, 0.6) is 11.5 Å². The van der Waals surface area contributed by atoms with Gasteiger partial charge in [0.05, 0.1) is 7.11 Å². The molecule has 0 aliphatic rings. The molecule has 0 heterocycles. The van der Waals surface area contributed by atoms with E-state index in [1.807, 2.05) is 31.2 Å². The second-order valence-corrected chi connectivity index (χ2v) is 4.02. The first-order valence-electron chi connectivity index (χ1n) is 5.91. The summed E-state index contributed by atoms with van der Waals surface area (Å²) >= 11 is 0. The zero-order valence-electron chi connectivity index (χ0n) is 10.8. The molecule has 5 nitrogen and oxygen atoms in total. The lowest BCUT2D eigenvalue weighted by atomic mass is 10.2. The molecule has 100 valence electrons. The van der Waals surface area contributed by atoms with E-state index in [1.165, 1.54) is 0 Å². The largest absolute Gasteiger partial charge is 0.493 e. The van der Waals surface area contributed by atoms with Crippen LogP contribution in [-0.4, -0.2) is 32.2 Å². The Hall–Kier alpha value is -1.75. The van der Waals surface area contributed by atoms with Gasteiger partial charge in [-0.15, -0.1) is 0 Å². The standard InChI is InChI=1S/C13H20N2O3/c1-10(9-13(14)16)15-7-8-18-12-6-4-3-5-11(12)17-2/h3-6,10,15H,7-9H2,1-2H3,(H2,14,16). The van der Waals surface area contributed by atoms with Gasteiger partial charge >= 0.3 is 0 Å². The Morgan fingerprint density at radius 1 is 1.39 bits per heavy atom. The van der Waals surface area contributed by atoms with Crippen LogP contribution in [-0.2, 0) is 4.79 Å². The molecule has 1 atom stereocenters. The molecule has 1 rings (SSSR count). The maximum Gasteiger partial charge on any atom is 0.218 e. The number of rotatable bonds is 8. The number of carbonyl (C=O) groups excluding carboxylic acids is 1. The van der Waals surface area contributed by atoms with Crippen molar-refractivity contribution in [3.8, 4) is 11.5 Å². The highest BCUT2D eigenvalue weighted by atomic mass is 16.5. The second-order valence-electron chi connectivity index (χ2n) is 4.02. The third-order valence-electron chi connectivity index (χ3n) is 2.43. The van der Waals surface area contributed by atoms with Gasteiger partial charge in [0.25, 0.3) is 0 Å². The number of hydrogen-bond acceptors (Lipinski definition) is 4. The zero-order chi connectivity index (χ0) is 13.4. The Morgan fingerprint density at radius 2 is 2.06 bits per heavy atom. The molecule has 1 aromatic rings. The fourth-order valence-corrected chi connectivity index (χ4v) is 1.58. The van der Waals surface area contributed by atoms with Gasteiger partial charge < -0.3 is 20.5 Å². The number of para-hydroxylation sites is 2. The number of ether oxygens (including phenoxy) is 2. The van der Waals surface area contributed by atoms with E-state index < -0.39 is 0 Å². The highest BCUT2D eigenvalue weighted by Crippen LogP contribution is 2.25. The number of methoxy groups -OCH3 is 1. The van der Waals surface area contributed by atoms with Crippen molar-refractivity contribution in [1.82, 2.24) is 5.32 Å². The summed E-state index contributed by atoms with van der Waals surface area (Å²) < 4.78 is 10.7. The Labute approximate surface area is 107 Å². The van der Waals surface area contributed by atoms with E-state index in [1.54, 1.807) is 7.11 Å². The average molecular weight is 252 g/mol. The molecule has 5 heteroatoms. The minimum atomic E-state index is -0.305. The van der Waals surface area contributed by atoms with Crippen molar-refractivity contribution in [1.29, 1.82) is 0 Å². The van der Waals surface area contributed by atoms with Crippen molar-refractivity contribution in [2.24, 2.45) is 5.73 Å². The molecule has 3 N–H and O–H groups in total. The molecule has 0 fully saturated rings. The third-order valence-corrected chi connectivity index (χ3v) is 2.43. The van der Waals surface area contributed by atoms with Crippen LogP contribution in [0.2, 0.25) is 0 Å². The summed E-state index contributed by atoms with van der Waals surface area (Å²) in [6.45, 7) is 3.06. The van der Waals surface area contributed by atoms with Crippen molar-refractivity contribution in [2.75, 3.05) is 20.3 Å². The molecular weight excluding hydrogens is 232 g/mol. The first-order valence-corrected chi connectivity index (χ1v) is 5.91. The number of nitrogens with one attached hydrogen (secondary N) is 1. The molecule has 0 saturated heterocycles. The smallest absolute Gasteiger partial charge is 0.218 e. The Morgan fingerprint density at radius 3 is 2.67 bits per heavy atom. The van der Waals surface area contributed by atoms with Gasteiger partial charge in [-0.3, -0.25) is 4.79 Å². The van der Waals surface area contributed by atoms with Crippen molar-refractivity contribution in [2.45, 2.75) is 19.4 Å². The quantitative estimate of drug-likeness (QED) is 0.675. The Kier molecular flexibility index (Phi) is 6.00. The van der Waals surface area contributed by atoms with Gasteiger partial charge in [-0.25, -0.2) is 0 Å². The first-order chi connectivity index (χ1) is 8.63. The van der Waals surface area contributed by atoms with E-state index in [4.69, 9.17) is 15.2 Å². The van der Waals surface area contributed by atoms with Crippen LogP contribution in [0.25, 0.3) is 0 Å². The van der Waals surface area contributed by atoms with Crippen molar-refractivity contribution in [3.63, 3.8) is 0 Å². The Balaban J connectivity index is 2.27. The van der Waals surface area contributed by atoms with Gasteiger partial charge in [-0.1, -0.05) is 12.1 Å². The van der Waals surface area contributed by atoms with Gasteiger partial charge in [0, 0.05) is 19.0 Å². The number of benzene rings is 1. The summed E-state index contributed by atoms with van der Waals surface area (Å²) in [6, 6.07) is 7.54. The maximum atomic E-state index is 10.7. The predicted molar refractivity (Wildman–Crippen MR) is 69.8 cm³/mol. The van der Waals surface area contributed by atoms with E-state index >= 15 is 0 Å². The van der Waals surface area contributed by atoms with Gasteiger partial charge in [0.15, 0.2) is 11.5 Å². The van der Waals surface area contributed by atoms with Crippen LogP contribution in [0.4, 0.5) is 0 Å². The predicted octanol–water partition coefficient (Wildman–Crippen LogP) is 0.927. The normalized spacial score (nSPS) is 11.9. The van der Waals surface area contributed by atoms with Gasteiger partial charge in [0.2, 0.25) is 5.91 Å². The molecule has 0 aliphatic heterocycles. The summed E-state index contributed by atoms with van der Waals surface area (Å²) in [7, 11) is 1.61. The molecule has 0 spiro atoms. The van der Waals surface area contributed by atoms with Gasteiger partial charge in [0.1, 0.15) is 6.61 Å². The van der Waals surface area contributed by atoms with E-state index in [2.05, 4.69) is 5.32 Å². The lowest BCUT2D eigenvalue weighted by molar-refractivity contribution is -0.118. The van der Waals surface area contributed by atoms with Crippen LogP contribution in [0.15, 0.2) is 24.3 Å². The summed E-state index contributed by atoms with van der Waals surface area (Å²) in [6.07, 6.45) is 0.328. The summed E-state index contributed by atoms with van der Waals surface area (Å²) in [5.41, 5.74) is 5.10. The molecule has 1 unspecified atom stereocenters. The molecular formula is C13H20N2O3. The van der Waals surface area contributed by atoms with Crippen LogP contribution >= 0.6 is 0 Å². The highest BCUT2D eigenvalue weighted by molar-refractivity contribution is 5.74. The van der Waals surface area contributed by atoms with E-state index in [-0.39, 0.29) is 11.9 Å². The number of amides is 1. The SMILES string of the molecule is COc1ccccc1OCCNC(C)CC(N)=O. The fraction of sp³-hybridized carbons (Fsp3) is 0.462. The van der Waals surface area contributed by atoms with Gasteiger partial charge in [-0.2, -0.15) is 0 Å². The monoisotopic (exact) mass is 252 g/mol. The number of primary amides is 1. The molecule has 1 aromatic carbocycles. The zero-order valence-corrected chi connectivity index (χ0v) is 10.8. The summed E-state index contributed by atoms with van der Waals surface area (Å²) in [4.78, 5) is 10.7. The molecule has 0 aliphatic carbocycles. The van der Waals surface area contributed by atoms with Crippen molar-refractivity contribution < 1.29 is 14.3 Å². The second kappa shape index (κ2) is 7.55. The lowest BCUT2D eigenvalue weighted by Crippen LogP contribution is -2.33. The van der Waals surface area contributed by atoms with E-state index in [0.29, 0.717) is 31.1 Å². The summed E-state index contributed by atoms with van der Waals surface area (Å²) in [5.74, 6) is 1.12. The number of hydrogen-bond donors (Lipinski definition) is 2. The summed E-state index contributed by atoms with van der Waals surface area (Å²) in [5, 5.41) is 3.16. The van der Waals surface area contributed by atoms with E-state index in [9.17, 15) is 4.79 Å².